The summed E-state index contributed by atoms with van der Waals surface area (Å²) in [5, 5.41) is 13.3. The van der Waals surface area contributed by atoms with Gasteiger partial charge in [-0.3, -0.25) is 14.4 Å². The van der Waals surface area contributed by atoms with Crippen molar-refractivity contribution in [1.29, 1.82) is 0 Å². The van der Waals surface area contributed by atoms with Gasteiger partial charge in [0.15, 0.2) is 0 Å². The van der Waals surface area contributed by atoms with Gasteiger partial charge in [-0.25, -0.2) is 4.79 Å². The zero-order valence-electron chi connectivity index (χ0n) is 26.3. The first-order chi connectivity index (χ1) is 22.2. The highest BCUT2D eigenvalue weighted by molar-refractivity contribution is 5.99. The van der Waals surface area contributed by atoms with Crippen LogP contribution < -0.4 is 21.3 Å². The van der Waals surface area contributed by atoms with E-state index in [0.717, 1.165) is 28.3 Å². The van der Waals surface area contributed by atoms with E-state index in [1.165, 1.54) is 0 Å². The number of nitrogens with one attached hydrogen (secondary N) is 4. The lowest BCUT2D eigenvalue weighted by Gasteiger charge is -2.27. The highest BCUT2D eigenvalue weighted by atomic mass is 16.5. The van der Waals surface area contributed by atoms with Crippen LogP contribution in [0.5, 0.6) is 0 Å². The van der Waals surface area contributed by atoms with Crippen molar-refractivity contribution < 1.29 is 28.7 Å². The zero-order chi connectivity index (χ0) is 32.7. The van der Waals surface area contributed by atoms with E-state index in [1.807, 2.05) is 86.6 Å². The molecule has 2 aliphatic rings. The standard InChI is InChI=1S/C36H42N4O6/c1-23(2)18-31(33(43)38-27(21-41)19-26-14-9-17-37-32(26)42)39-34(44)36(40-35(45)46-22-24-10-4-3-5-11-24)20-30(36)29-16-8-13-25-12-6-7-15-28(25)29/h3-8,10-13,15-16,21,23,26-27,30-31H,9,14,17-20,22H2,1-2H3,(H,37,42)(H,38,43)(H,39,44)(H,40,45)/t26-,27-,30-,31?,36?/m0/s1. The predicted octanol–water partition coefficient (Wildman–Crippen LogP) is 4.12. The molecule has 4 N–H and O–H groups in total. The predicted molar refractivity (Wildman–Crippen MR) is 174 cm³/mol. The van der Waals surface area contributed by atoms with Gasteiger partial charge in [-0.1, -0.05) is 86.6 Å². The van der Waals surface area contributed by atoms with Gasteiger partial charge in [0.05, 0.1) is 6.04 Å². The summed E-state index contributed by atoms with van der Waals surface area (Å²) >= 11 is 0. The molecule has 1 saturated heterocycles. The molecule has 10 nitrogen and oxygen atoms in total. The number of hydrogen-bond donors (Lipinski definition) is 4. The number of aldehydes is 1. The molecule has 1 saturated carbocycles. The fraction of sp³-hybridized carbons (Fsp3) is 0.417. The third-order valence-corrected chi connectivity index (χ3v) is 8.86. The lowest BCUT2D eigenvalue weighted by Crippen LogP contribution is -2.57. The van der Waals surface area contributed by atoms with Crippen LogP contribution in [-0.2, 0) is 30.5 Å². The highest BCUT2D eigenvalue weighted by Gasteiger charge is 2.63. The Labute approximate surface area is 269 Å². The molecule has 5 atom stereocenters. The van der Waals surface area contributed by atoms with E-state index in [2.05, 4.69) is 21.3 Å². The molecule has 5 rings (SSSR count). The van der Waals surface area contributed by atoms with E-state index in [0.29, 0.717) is 32.1 Å². The Balaban J connectivity index is 1.35. The Morgan fingerprint density at radius 2 is 1.74 bits per heavy atom. The van der Waals surface area contributed by atoms with Gasteiger partial charge in [0, 0.05) is 18.4 Å². The van der Waals surface area contributed by atoms with Crippen molar-refractivity contribution in [3.63, 3.8) is 0 Å². The van der Waals surface area contributed by atoms with Crippen molar-refractivity contribution in [2.75, 3.05) is 6.54 Å². The van der Waals surface area contributed by atoms with Gasteiger partial charge >= 0.3 is 6.09 Å². The summed E-state index contributed by atoms with van der Waals surface area (Å²) in [5.41, 5.74) is 0.368. The van der Waals surface area contributed by atoms with Crippen LogP contribution in [0.15, 0.2) is 72.8 Å². The first kappa shape index (κ1) is 32.7. The summed E-state index contributed by atoms with van der Waals surface area (Å²) in [6, 6.07) is 21.1. The molecule has 0 aromatic heterocycles. The monoisotopic (exact) mass is 626 g/mol. The van der Waals surface area contributed by atoms with Crippen LogP contribution in [0.3, 0.4) is 0 Å². The van der Waals surface area contributed by atoms with Crippen molar-refractivity contribution in [1.82, 2.24) is 21.3 Å². The topological polar surface area (TPSA) is 143 Å². The average Bonchev–Trinajstić information content (AvgIpc) is 3.78. The number of fused-ring (bicyclic) bond motifs is 1. The van der Waals surface area contributed by atoms with Crippen molar-refractivity contribution in [2.45, 2.75) is 76.1 Å². The lowest BCUT2D eigenvalue weighted by atomic mass is 9.91. The number of rotatable bonds is 13. The molecular formula is C36H42N4O6. The number of amides is 4. The molecule has 0 bridgehead atoms. The molecule has 1 aliphatic heterocycles. The van der Waals surface area contributed by atoms with E-state index in [1.54, 1.807) is 0 Å². The van der Waals surface area contributed by atoms with Crippen LogP contribution in [0.4, 0.5) is 4.79 Å². The summed E-state index contributed by atoms with van der Waals surface area (Å²) in [7, 11) is 0. The maximum atomic E-state index is 14.2. The lowest BCUT2D eigenvalue weighted by molar-refractivity contribution is -0.132. The average molecular weight is 627 g/mol. The van der Waals surface area contributed by atoms with E-state index in [4.69, 9.17) is 4.74 Å². The van der Waals surface area contributed by atoms with E-state index in [-0.39, 0.29) is 36.7 Å². The van der Waals surface area contributed by atoms with E-state index in [9.17, 15) is 24.0 Å². The molecule has 2 fully saturated rings. The van der Waals surface area contributed by atoms with E-state index < -0.39 is 35.5 Å². The van der Waals surface area contributed by atoms with Crippen LogP contribution in [0.25, 0.3) is 10.8 Å². The number of benzene rings is 3. The molecular weight excluding hydrogens is 584 g/mol. The Kier molecular flexibility index (Phi) is 10.3. The zero-order valence-corrected chi connectivity index (χ0v) is 26.3. The van der Waals surface area contributed by atoms with Gasteiger partial charge in [0.2, 0.25) is 17.7 Å². The Bertz CT molecular complexity index is 1570. The number of alkyl carbamates (subject to hydrolysis) is 1. The minimum absolute atomic E-state index is 0.0302. The Morgan fingerprint density at radius 3 is 2.48 bits per heavy atom. The van der Waals surface area contributed by atoms with Crippen LogP contribution in [0, 0.1) is 11.8 Å². The number of hydrogen-bond acceptors (Lipinski definition) is 6. The number of carbonyl (C=O) groups is 5. The first-order valence-corrected chi connectivity index (χ1v) is 16.0. The molecule has 3 aromatic carbocycles. The molecule has 10 heteroatoms. The number of piperidine rings is 1. The van der Waals surface area contributed by atoms with Crippen molar-refractivity contribution in [3.05, 3.63) is 83.9 Å². The maximum absolute atomic E-state index is 14.2. The third-order valence-electron chi connectivity index (χ3n) is 8.86. The van der Waals surface area contributed by atoms with Gasteiger partial charge in [-0.15, -0.1) is 0 Å². The third kappa shape index (κ3) is 7.73. The highest BCUT2D eigenvalue weighted by Crippen LogP contribution is 2.53. The van der Waals surface area contributed by atoms with E-state index >= 15 is 0 Å². The second kappa shape index (κ2) is 14.6. The molecule has 242 valence electrons. The van der Waals surface area contributed by atoms with Crippen LogP contribution in [0.2, 0.25) is 0 Å². The maximum Gasteiger partial charge on any atom is 0.408 e. The fourth-order valence-electron chi connectivity index (χ4n) is 6.37. The summed E-state index contributed by atoms with van der Waals surface area (Å²) in [6.45, 7) is 4.50. The largest absolute Gasteiger partial charge is 0.445 e. The molecule has 2 unspecified atom stereocenters. The second-order valence-electron chi connectivity index (χ2n) is 12.8. The fourth-order valence-corrected chi connectivity index (χ4v) is 6.37. The summed E-state index contributed by atoms with van der Waals surface area (Å²) in [5.74, 6) is -1.85. The molecule has 0 spiro atoms. The van der Waals surface area contributed by atoms with Crippen molar-refractivity contribution >= 4 is 40.9 Å². The van der Waals surface area contributed by atoms with Gasteiger partial charge < -0.3 is 30.8 Å². The summed E-state index contributed by atoms with van der Waals surface area (Å²) < 4.78 is 5.51. The van der Waals surface area contributed by atoms with Crippen molar-refractivity contribution in [3.8, 4) is 0 Å². The molecule has 1 heterocycles. The smallest absolute Gasteiger partial charge is 0.408 e. The van der Waals surface area contributed by atoms with Crippen LogP contribution in [0.1, 0.15) is 63.0 Å². The number of carbonyl (C=O) groups excluding carboxylic acids is 5. The Hall–Kier alpha value is -4.73. The minimum atomic E-state index is -1.35. The SMILES string of the molecule is CC(C)CC(NC(=O)C1(NC(=O)OCc2ccccc2)C[C@H]1c1cccc2ccccc12)C(=O)N[C@H](C=O)C[C@@H]1CCCNC1=O. The van der Waals surface area contributed by atoms with Crippen molar-refractivity contribution in [2.24, 2.45) is 11.8 Å². The minimum Gasteiger partial charge on any atom is -0.445 e. The summed E-state index contributed by atoms with van der Waals surface area (Å²) in [4.78, 5) is 65.1. The molecule has 46 heavy (non-hydrogen) atoms. The Morgan fingerprint density at radius 1 is 1.00 bits per heavy atom. The number of ether oxygens (including phenoxy) is 1. The van der Waals surface area contributed by atoms with Gasteiger partial charge in [0.25, 0.3) is 0 Å². The second-order valence-corrected chi connectivity index (χ2v) is 12.8. The normalized spacial score (nSPS) is 21.8. The van der Waals surface area contributed by atoms with Gasteiger partial charge in [0.1, 0.15) is 24.5 Å². The van der Waals surface area contributed by atoms with Gasteiger partial charge in [-0.2, -0.15) is 0 Å². The van der Waals surface area contributed by atoms with Crippen LogP contribution >= 0.6 is 0 Å². The van der Waals surface area contributed by atoms with Crippen LogP contribution in [-0.4, -0.2) is 54.3 Å². The molecule has 1 aliphatic carbocycles. The van der Waals surface area contributed by atoms with Gasteiger partial charge in [-0.05, 0) is 59.9 Å². The molecule has 3 aromatic rings. The quantitative estimate of drug-likeness (QED) is 0.210. The molecule has 4 amide bonds. The first-order valence-electron chi connectivity index (χ1n) is 16.0. The summed E-state index contributed by atoms with van der Waals surface area (Å²) in [6.07, 6.45) is 2.16. The molecule has 0 radical (unpaired) electrons.